The zero-order valence-corrected chi connectivity index (χ0v) is 18.6. The summed E-state index contributed by atoms with van der Waals surface area (Å²) >= 11 is 0. The van der Waals surface area contributed by atoms with Crippen LogP contribution in [0.25, 0.3) is 10.8 Å². The smallest absolute Gasteiger partial charge is 0.354 e. The second kappa shape index (κ2) is 8.66. The Morgan fingerprint density at radius 3 is 2.37 bits per heavy atom. The summed E-state index contributed by atoms with van der Waals surface area (Å²) in [4.78, 5) is 15.3. The summed E-state index contributed by atoms with van der Waals surface area (Å²) in [6.07, 6.45) is 12.0. The second-order valence-corrected chi connectivity index (χ2v) is 10.4. The highest BCUT2D eigenvalue weighted by Crippen LogP contribution is 2.43. The van der Waals surface area contributed by atoms with Gasteiger partial charge in [-0.1, -0.05) is 45.7 Å². The molecule has 1 N–H and O–H groups in total. The SMILES string of the molecule is CC(C)(C)C1CCC(OC(c2ccc3cc(C(=O)O)ncc3c2)C2CCCC2)CC1. The molecule has 0 aliphatic heterocycles. The normalized spacial score (nSPS) is 24.2. The number of carboxylic acids is 1. The first-order valence-corrected chi connectivity index (χ1v) is 11.6. The summed E-state index contributed by atoms with van der Waals surface area (Å²) in [6.45, 7) is 7.08. The highest BCUT2D eigenvalue weighted by atomic mass is 16.5. The van der Waals surface area contributed by atoms with Crippen molar-refractivity contribution < 1.29 is 14.6 Å². The van der Waals surface area contributed by atoms with Gasteiger partial charge in [0.15, 0.2) is 0 Å². The molecule has 162 valence electrons. The molecular formula is C26H35NO3. The number of aromatic carboxylic acids is 1. The minimum atomic E-state index is -0.987. The third kappa shape index (κ3) is 4.69. The lowest BCUT2D eigenvalue weighted by atomic mass is 9.72. The molecule has 4 heteroatoms. The fraction of sp³-hybridized carbons (Fsp3) is 0.615. The van der Waals surface area contributed by atoms with Crippen molar-refractivity contribution in [2.45, 2.75) is 84.3 Å². The van der Waals surface area contributed by atoms with Crippen LogP contribution in [0.4, 0.5) is 0 Å². The average molecular weight is 410 g/mol. The van der Waals surface area contributed by atoms with Crippen LogP contribution in [0.2, 0.25) is 0 Å². The van der Waals surface area contributed by atoms with E-state index < -0.39 is 5.97 Å². The number of hydrogen-bond donors (Lipinski definition) is 1. The van der Waals surface area contributed by atoms with Crippen LogP contribution in [0.15, 0.2) is 30.5 Å². The number of fused-ring (bicyclic) bond motifs is 1. The van der Waals surface area contributed by atoms with E-state index in [2.05, 4.69) is 37.9 Å². The summed E-state index contributed by atoms with van der Waals surface area (Å²) in [6, 6.07) is 7.98. The highest BCUT2D eigenvalue weighted by Gasteiger charge is 2.34. The van der Waals surface area contributed by atoms with Crippen LogP contribution >= 0.6 is 0 Å². The van der Waals surface area contributed by atoms with Crippen LogP contribution in [0.1, 0.15) is 94.3 Å². The van der Waals surface area contributed by atoms with Crippen LogP contribution in [0.5, 0.6) is 0 Å². The fourth-order valence-electron chi connectivity index (χ4n) is 5.45. The lowest BCUT2D eigenvalue weighted by Gasteiger charge is -2.38. The molecule has 4 rings (SSSR count). The average Bonchev–Trinajstić information content (AvgIpc) is 3.25. The van der Waals surface area contributed by atoms with Gasteiger partial charge in [0.1, 0.15) is 5.69 Å². The van der Waals surface area contributed by atoms with E-state index >= 15 is 0 Å². The van der Waals surface area contributed by atoms with E-state index in [1.807, 2.05) is 6.07 Å². The first-order valence-electron chi connectivity index (χ1n) is 11.6. The molecular weight excluding hydrogens is 374 g/mol. The van der Waals surface area contributed by atoms with E-state index in [9.17, 15) is 9.90 Å². The van der Waals surface area contributed by atoms with Crippen LogP contribution in [0.3, 0.4) is 0 Å². The number of nitrogens with zero attached hydrogens (tertiary/aromatic N) is 1. The maximum atomic E-state index is 11.2. The van der Waals surface area contributed by atoms with Gasteiger partial charge in [0.05, 0.1) is 12.2 Å². The maximum Gasteiger partial charge on any atom is 0.354 e. The molecule has 0 radical (unpaired) electrons. The minimum absolute atomic E-state index is 0.0921. The molecule has 2 aliphatic carbocycles. The molecule has 0 amide bonds. The Labute approximate surface area is 180 Å². The molecule has 2 saturated carbocycles. The van der Waals surface area contributed by atoms with Gasteiger partial charge in [-0.25, -0.2) is 9.78 Å². The number of rotatable bonds is 5. The Kier molecular flexibility index (Phi) is 6.15. The number of hydrogen-bond acceptors (Lipinski definition) is 3. The van der Waals surface area contributed by atoms with Gasteiger partial charge >= 0.3 is 5.97 Å². The Hall–Kier alpha value is -1.94. The zero-order valence-electron chi connectivity index (χ0n) is 18.6. The van der Waals surface area contributed by atoms with Gasteiger partial charge in [-0.3, -0.25) is 0 Å². The van der Waals surface area contributed by atoms with Crippen LogP contribution in [-0.2, 0) is 4.74 Å². The Balaban J connectivity index is 1.54. The molecule has 0 saturated heterocycles. The van der Waals surface area contributed by atoms with Crippen molar-refractivity contribution >= 4 is 16.7 Å². The van der Waals surface area contributed by atoms with Crippen LogP contribution < -0.4 is 0 Å². The molecule has 2 aromatic rings. The number of ether oxygens (including phenoxy) is 1. The number of benzene rings is 1. The number of carboxylic acid groups (broad SMARTS) is 1. The molecule has 0 spiro atoms. The van der Waals surface area contributed by atoms with Crippen molar-refractivity contribution in [3.63, 3.8) is 0 Å². The molecule has 4 nitrogen and oxygen atoms in total. The fourth-order valence-corrected chi connectivity index (χ4v) is 5.45. The van der Waals surface area contributed by atoms with Crippen LogP contribution in [0, 0.1) is 17.3 Å². The minimum Gasteiger partial charge on any atom is -0.477 e. The molecule has 1 unspecified atom stereocenters. The third-order valence-corrected chi connectivity index (χ3v) is 7.36. The Bertz CT molecular complexity index is 887. The summed E-state index contributed by atoms with van der Waals surface area (Å²) in [5, 5.41) is 11.1. The largest absolute Gasteiger partial charge is 0.477 e. The van der Waals surface area contributed by atoms with Gasteiger partial charge in [0.2, 0.25) is 0 Å². The third-order valence-electron chi connectivity index (χ3n) is 7.36. The quantitative estimate of drug-likeness (QED) is 0.591. The van der Waals surface area contributed by atoms with Crippen molar-refractivity contribution in [2.24, 2.45) is 17.3 Å². The number of carbonyl (C=O) groups is 1. The molecule has 1 atom stereocenters. The van der Waals surface area contributed by atoms with Crippen molar-refractivity contribution in [3.8, 4) is 0 Å². The predicted molar refractivity (Wildman–Crippen MR) is 120 cm³/mol. The molecule has 2 aliphatic rings. The first-order chi connectivity index (χ1) is 14.3. The zero-order chi connectivity index (χ0) is 21.3. The van der Waals surface area contributed by atoms with E-state index in [1.165, 1.54) is 44.1 Å². The topological polar surface area (TPSA) is 59.4 Å². The predicted octanol–water partition coefficient (Wildman–Crippen LogP) is 6.79. The molecule has 1 heterocycles. The highest BCUT2D eigenvalue weighted by molar-refractivity contribution is 5.92. The van der Waals surface area contributed by atoms with E-state index in [-0.39, 0.29) is 11.8 Å². The van der Waals surface area contributed by atoms with Crippen LogP contribution in [-0.4, -0.2) is 22.2 Å². The van der Waals surface area contributed by atoms with Crippen molar-refractivity contribution in [3.05, 3.63) is 41.7 Å². The lowest BCUT2D eigenvalue weighted by molar-refractivity contribution is -0.0697. The standard InChI is InChI=1S/C26H35NO3/c1-26(2,3)21-10-12-22(13-11-21)30-24(17-6-4-5-7-17)19-9-8-18-15-23(25(28)29)27-16-20(18)14-19/h8-9,14-17,21-22,24H,4-7,10-13H2,1-3H3,(H,28,29). The monoisotopic (exact) mass is 409 g/mol. The van der Waals surface area contributed by atoms with Crippen molar-refractivity contribution in [2.75, 3.05) is 0 Å². The lowest BCUT2D eigenvalue weighted by Crippen LogP contribution is -2.31. The molecule has 30 heavy (non-hydrogen) atoms. The Morgan fingerprint density at radius 1 is 1.03 bits per heavy atom. The van der Waals surface area contributed by atoms with Gasteiger partial charge in [-0.05, 0) is 78.9 Å². The van der Waals surface area contributed by atoms with E-state index in [1.54, 1.807) is 12.3 Å². The second-order valence-electron chi connectivity index (χ2n) is 10.4. The maximum absolute atomic E-state index is 11.2. The molecule has 1 aromatic carbocycles. The van der Waals surface area contributed by atoms with Gasteiger partial charge in [0.25, 0.3) is 0 Å². The number of pyridine rings is 1. The molecule has 0 bridgehead atoms. The van der Waals surface area contributed by atoms with Crippen molar-refractivity contribution in [1.29, 1.82) is 0 Å². The van der Waals surface area contributed by atoms with Gasteiger partial charge < -0.3 is 9.84 Å². The summed E-state index contributed by atoms with van der Waals surface area (Å²) in [5.74, 6) is 0.380. The summed E-state index contributed by atoms with van der Waals surface area (Å²) in [5.41, 5.74) is 1.70. The van der Waals surface area contributed by atoms with E-state index in [4.69, 9.17) is 4.74 Å². The first kappa shape index (κ1) is 21.3. The summed E-state index contributed by atoms with van der Waals surface area (Å²) in [7, 11) is 0. The van der Waals surface area contributed by atoms with Gasteiger partial charge in [-0.2, -0.15) is 0 Å². The van der Waals surface area contributed by atoms with Crippen molar-refractivity contribution in [1.82, 2.24) is 4.98 Å². The number of aromatic nitrogens is 1. The molecule has 1 aromatic heterocycles. The van der Waals surface area contributed by atoms with Gasteiger partial charge in [-0.15, -0.1) is 0 Å². The van der Waals surface area contributed by atoms with E-state index in [0.717, 1.165) is 29.5 Å². The van der Waals surface area contributed by atoms with E-state index in [0.29, 0.717) is 17.4 Å². The van der Waals surface area contributed by atoms with Gasteiger partial charge in [0, 0.05) is 11.6 Å². The molecule has 2 fully saturated rings. The Morgan fingerprint density at radius 2 is 1.73 bits per heavy atom. The summed E-state index contributed by atoms with van der Waals surface area (Å²) < 4.78 is 6.82.